The fourth-order valence-corrected chi connectivity index (χ4v) is 4.31. The van der Waals surface area contributed by atoms with Crippen LogP contribution >= 0.6 is 0 Å². The molecule has 0 aliphatic heterocycles. The van der Waals surface area contributed by atoms with E-state index in [0.29, 0.717) is 35.7 Å². The molecule has 0 saturated heterocycles. The van der Waals surface area contributed by atoms with Gasteiger partial charge in [-0.1, -0.05) is 11.3 Å². The van der Waals surface area contributed by atoms with E-state index >= 15 is 0 Å². The van der Waals surface area contributed by atoms with E-state index in [1.165, 1.54) is 0 Å². The number of alkyl halides is 3. The number of hydrogen-bond donors (Lipinski definition) is 1. The zero-order valence-corrected chi connectivity index (χ0v) is 23.6. The van der Waals surface area contributed by atoms with Crippen LogP contribution in [0.4, 0.5) is 24.5 Å². The third kappa shape index (κ3) is 6.01. The lowest BCUT2D eigenvalue weighted by molar-refractivity contribution is -0.137. The number of nitrogens with one attached hydrogen (secondary N) is 1. The van der Waals surface area contributed by atoms with Crippen molar-refractivity contribution in [2.45, 2.75) is 26.9 Å². The Morgan fingerprint density at radius 2 is 1.77 bits per heavy atom. The third-order valence-corrected chi connectivity index (χ3v) is 6.97. The lowest BCUT2D eigenvalue weighted by Crippen LogP contribution is -2.29. The SMILES string of the molecule is Cc1ccc(C(=O)Nc2cc(C(F)(F)F)cc(N(C)CCN(C)C)c2C)cc1-n1cc(-c2cnn(C)c2C)nn1. The summed E-state index contributed by atoms with van der Waals surface area (Å²) in [6.07, 6.45) is -1.11. The highest BCUT2D eigenvalue weighted by Gasteiger charge is 2.32. The van der Waals surface area contributed by atoms with Gasteiger partial charge in [0.15, 0.2) is 0 Å². The number of rotatable bonds is 8. The standard InChI is InChI=1S/C28H33F3N8O/c1-17-8-9-20(12-25(17)39-16-24(34-35-39)22-15-32-38(7)19(22)3)27(40)33-23-13-21(28(29,30)31)14-26(18(23)2)37(6)11-10-36(4)5/h8-9,12-16H,10-11H2,1-7H3,(H,33,40). The molecule has 0 bridgehead atoms. The fourth-order valence-electron chi connectivity index (χ4n) is 4.31. The van der Waals surface area contributed by atoms with Crippen LogP contribution in [0.2, 0.25) is 0 Å². The Kier molecular flexibility index (Phi) is 8.01. The smallest absolute Gasteiger partial charge is 0.373 e. The molecule has 1 N–H and O–H groups in total. The Hall–Kier alpha value is -4.19. The summed E-state index contributed by atoms with van der Waals surface area (Å²) in [5.74, 6) is -0.533. The first-order valence-corrected chi connectivity index (χ1v) is 12.7. The molecular weight excluding hydrogens is 521 g/mol. The van der Waals surface area contributed by atoms with Crippen LogP contribution in [0.1, 0.15) is 32.7 Å². The van der Waals surface area contributed by atoms with Crippen LogP contribution in [0, 0.1) is 20.8 Å². The molecule has 0 unspecified atom stereocenters. The van der Waals surface area contributed by atoms with Crippen molar-refractivity contribution in [3.63, 3.8) is 0 Å². The monoisotopic (exact) mass is 554 g/mol. The molecule has 0 fully saturated rings. The average Bonchev–Trinajstić information content (AvgIpc) is 3.49. The van der Waals surface area contributed by atoms with E-state index in [9.17, 15) is 18.0 Å². The number of aryl methyl sites for hydroxylation is 2. The molecule has 0 radical (unpaired) electrons. The van der Waals surface area contributed by atoms with Gasteiger partial charge in [0.1, 0.15) is 5.69 Å². The number of carbonyl (C=O) groups is 1. The Bertz CT molecular complexity index is 1540. The molecule has 9 nitrogen and oxygen atoms in total. The Morgan fingerprint density at radius 3 is 2.40 bits per heavy atom. The van der Waals surface area contributed by atoms with Crippen LogP contribution in [0.5, 0.6) is 0 Å². The second-order valence-corrected chi connectivity index (χ2v) is 10.2. The highest BCUT2D eigenvalue weighted by atomic mass is 19.4. The van der Waals surface area contributed by atoms with Crippen LogP contribution in [-0.4, -0.2) is 69.8 Å². The highest BCUT2D eigenvalue weighted by Crippen LogP contribution is 2.37. The second-order valence-electron chi connectivity index (χ2n) is 10.2. The molecule has 0 aliphatic carbocycles. The summed E-state index contributed by atoms with van der Waals surface area (Å²) >= 11 is 0. The van der Waals surface area contributed by atoms with Gasteiger partial charge >= 0.3 is 6.18 Å². The number of likely N-dealkylation sites (N-methyl/N-ethyl adjacent to an activating group) is 2. The molecule has 2 aromatic carbocycles. The van der Waals surface area contributed by atoms with Gasteiger partial charge in [-0.3, -0.25) is 9.48 Å². The largest absolute Gasteiger partial charge is 0.416 e. The van der Waals surface area contributed by atoms with E-state index < -0.39 is 17.6 Å². The van der Waals surface area contributed by atoms with Crippen LogP contribution < -0.4 is 10.2 Å². The number of halogens is 3. The second kappa shape index (κ2) is 11.1. The highest BCUT2D eigenvalue weighted by molar-refractivity contribution is 6.05. The van der Waals surface area contributed by atoms with Gasteiger partial charge in [-0.2, -0.15) is 18.3 Å². The van der Waals surface area contributed by atoms with Crippen molar-refractivity contribution in [1.29, 1.82) is 0 Å². The van der Waals surface area contributed by atoms with Gasteiger partial charge < -0.3 is 15.1 Å². The minimum absolute atomic E-state index is 0.101. The lowest BCUT2D eigenvalue weighted by atomic mass is 10.0. The van der Waals surface area contributed by atoms with Crippen LogP contribution in [0.15, 0.2) is 42.7 Å². The predicted molar refractivity (Wildman–Crippen MR) is 149 cm³/mol. The third-order valence-electron chi connectivity index (χ3n) is 6.97. The van der Waals surface area contributed by atoms with E-state index in [1.807, 2.05) is 39.9 Å². The molecule has 0 spiro atoms. The molecule has 0 aliphatic rings. The zero-order chi connectivity index (χ0) is 29.4. The van der Waals surface area contributed by atoms with E-state index in [0.717, 1.165) is 29.0 Å². The number of benzene rings is 2. The Morgan fingerprint density at radius 1 is 1.05 bits per heavy atom. The molecular formula is C28H33F3N8O. The molecule has 212 valence electrons. The molecule has 4 aromatic rings. The predicted octanol–water partition coefficient (Wildman–Crippen LogP) is 4.86. The fraction of sp³-hybridized carbons (Fsp3) is 0.357. The van der Waals surface area contributed by atoms with Gasteiger partial charge in [-0.25, -0.2) is 4.68 Å². The number of aromatic nitrogens is 5. The molecule has 0 atom stereocenters. The van der Waals surface area contributed by atoms with E-state index in [2.05, 4.69) is 20.7 Å². The van der Waals surface area contributed by atoms with Crippen molar-refractivity contribution in [2.24, 2.45) is 7.05 Å². The van der Waals surface area contributed by atoms with Gasteiger partial charge in [0.25, 0.3) is 5.91 Å². The normalized spacial score (nSPS) is 11.8. The van der Waals surface area contributed by atoms with E-state index in [-0.39, 0.29) is 11.3 Å². The minimum Gasteiger partial charge on any atom is -0.373 e. The summed E-state index contributed by atoms with van der Waals surface area (Å²) in [6.45, 7) is 6.68. The minimum atomic E-state index is -4.57. The summed E-state index contributed by atoms with van der Waals surface area (Å²) in [4.78, 5) is 17.0. The van der Waals surface area contributed by atoms with Crippen molar-refractivity contribution >= 4 is 17.3 Å². The molecule has 2 aromatic heterocycles. The van der Waals surface area contributed by atoms with Gasteiger partial charge in [0, 0.05) is 55.4 Å². The lowest BCUT2D eigenvalue weighted by Gasteiger charge is -2.26. The Labute approximate surface area is 231 Å². The van der Waals surface area contributed by atoms with Crippen LogP contribution in [-0.2, 0) is 13.2 Å². The topological polar surface area (TPSA) is 84.1 Å². The van der Waals surface area contributed by atoms with Crippen molar-refractivity contribution < 1.29 is 18.0 Å². The molecule has 1 amide bonds. The van der Waals surface area contributed by atoms with Gasteiger partial charge in [-0.15, -0.1) is 5.10 Å². The first-order chi connectivity index (χ1) is 18.8. The van der Waals surface area contributed by atoms with Crippen LogP contribution in [0.3, 0.4) is 0 Å². The van der Waals surface area contributed by atoms with Crippen molar-refractivity contribution in [3.8, 4) is 16.9 Å². The molecule has 12 heteroatoms. The zero-order valence-electron chi connectivity index (χ0n) is 23.6. The molecule has 2 heterocycles. The maximum atomic E-state index is 13.8. The average molecular weight is 555 g/mol. The summed E-state index contributed by atoms with van der Waals surface area (Å²) in [7, 11) is 7.37. The Balaban J connectivity index is 1.65. The summed E-state index contributed by atoms with van der Waals surface area (Å²) < 4.78 is 44.7. The molecule has 4 rings (SSSR count). The van der Waals surface area contributed by atoms with Gasteiger partial charge in [0.05, 0.1) is 23.6 Å². The summed E-state index contributed by atoms with van der Waals surface area (Å²) in [6, 6.07) is 7.14. The first kappa shape index (κ1) is 28.8. The quantitative estimate of drug-likeness (QED) is 0.335. The van der Waals surface area contributed by atoms with Crippen molar-refractivity contribution in [2.75, 3.05) is 44.4 Å². The van der Waals surface area contributed by atoms with Crippen molar-refractivity contribution in [1.82, 2.24) is 29.7 Å². The number of nitrogens with zero attached hydrogens (tertiary/aromatic N) is 7. The maximum Gasteiger partial charge on any atom is 0.416 e. The van der Waals surface area contributed by atoms with E-state index in [4.69, 9.17) is 0 Å². The summed E-state index contributed by atoms with van der Waals surface area (Å²) in [5, 5.41) is 15.4. The maximum absolute atomic E-state index is 13.8. The molecule has 40 heavy (non-hydrogen) atoms. The van der Waals surface area contributed by atoms with Crippen molar-refractivity contribution in [3.05, 3.63) is 70.7 Å². The number of hydrogen-bond acceptors (Lipinski definition) is 6. The first-order valence-electron chi connectivity index (χ1n) is 12.7. The summed E-state index contributed by atoms with van der Waals surface area (Å²) in [5.41, 5.74) is 4.36. The number of amides is 1. The molecule has 0 saturated carbocycles. The number of anilines is 2. The number of carbonyl (C=O) groups excluding carboxylic acids is 1. The van der Waals surface area contributed by atoms with Crippen LogP contribution in [0.25, 0.3) is 16.9 Å². The van der Waals surface area contributed by atoms with Gasteiger partial charge in [0.2, 0.25) is 0 Å². The van der Waals surface area contributed by atoms with E-state index in [1.54, 1.807) is 58.8 Å². The van der Waals surface area contributed by atoms with Gasteiger partial charge in [-0.05, 0) is 70.3 Å².